The summed E-state index contributed by atoms with van der Waals surface area (Å²) in [6.07, 6.45) is 2.89. The normalized spacial score (nSPS) is 19.3. The third-order valence-electron chi connectivity index (χ3n) is 5.18. The van der Waals surface area contributed by atoms with Gasteiger partial charge in [0.15, 0.2) is 0 Å². The van der Waals surface area contributed by atoms with Crippen LogP contribution < -0.4 is 10.2 Å². The quantitative estimate of drug-likeness (QED) is 0.716. The number of carbonyl (C=O) groups excluding carboxylic acids is 2. The fourth-order valence-corrected chi connectivity index (χ4v) is 3.90. The number of hydrogen-bond acceptors (Lipinski definition) is 3. The first-order chi connectivity index (χ1) is 12.4. The van der Waals surface area contributed by atoms with Crippen LogP contribution in [0.5, 0.6) is 0 Å². The number of nitrogens with one attached hydrogen (secondary N) is 3. The van der Waals surface area contributed by atoms with Crippen LogP contribution in [0.3, 0.4) is 0 Å². The van der Waals surface area contributed by atoms with Gasteiger partial charge >= 0.3 is 5.97 Å². The zero-order chi connectivity index (χ0) is 18.7. The number of ether oxygens (including phenoxy) is 1. The van der Waals surface area contributed by atoms with Crippen LogP contribution in [-0.4, -0.2) is 43.6 Å². The number of quaternary nitrogens is 1. The summed E-state index contributed by atoms with van der Waals surface area (Å²) in [5, 5.41) is 3.74. The number of rotatable bonds is 5. The molecule has 1 aliphatic heterocycles. The second-order valence-corrected chi connectivity index (χ2v) is 7.90. The second-order valence-electron chi connectivity index (χ2n) is 7.90. The van der Waals surface area contributed by atoms with Gasteiger partial charge in [0.25, 0.3) is 0 Å². The van der Waals surface area contributed by atoms with E-state index in [0.29, 0.717) is 17.5 Å². The summed E-state index contributed by atoms with van der Waals surface area (Å²) in [6, 6.07) is 7.52. The number of aromatic amines is 1. The molecule has 1 unspecified atom stereocenters. The van der Waals surface area contributed by atoms with Gasteiger partial charge in [-0.1, -0.05) is 32.0 Å². The van der Waals surface area contributed by atoms with Crippen molar-refractivity contribution >= 4 is 28.5 Å². The number of amides is 1. The maximum Gasteiger partial charge on any atom is 0.356 e. The van der Waals surface area contributed by atoms with Crippen molar-refractivity contribution in [3.63, 3.8) is 0 Å². The molecule has 1 atom stereocenters. The van der Waals surface area contributed by atoms with E-state index in [1.165, 1.54) is 24.9 Å². The summed E-state index contributed by atoms with van der Waals surface area (Å²) in [4.78, 5) is 29.1. The fourth-order valence-electron chi connectivity index (χ4n) is 3.90. The summed E-state index contributed by atoms with van der Waals surface area (Å²) in [7, 11) is 1.33. The lowest BCUT2D eigenvalue weighted by atomic mass is 9.84. The highest BCUT2D eigenvalue weighted by Gasteiger charge is 2.29. The van der Waals surface area contributed by atoms with Crippen molar-refractivity contribution in [2.45, 2.75) is 33.1 Å². The van der Waals surface area contributed by atoms with E-state index in [4.69, 9.17) is 4.74 Å². The van der Waals surface area contributed by atoms with Crippen LogP contribution in [0.25, 0.3) is 10.9 Å². The van der Waals surface area contributed by atoms with Crippen LogP contribution in [0.15, 0.2) is 24.3 Å². The van der Waals surface area contributed by atoms with Gasteiger partial charge in [0.05, 0.1) is 38.9 Å². The maximum absolute atomic E-state index is 12.5. The van der Waals surface area contributed by atoms with Crippen molar-refractivity contribution in [3.05, 3.63) is 30.0 Å². The Morgan fingerprint density at radius 3 is 2.81 bits per heavy atom. The van der Waals surface area contributed by atoms with Crippen LogP contribution in [0.1, 0.15) is 43.6 Å². The molecule has 140 valence electrons. The van der Waals surface area contributed by atoms with Gasteiger partial charge in [-0.05, 0) is 18.9 Å². The van der Waals surface area contributed by atoms with Crippen molar-refractivity contribution in [3.8, 4) is 0 Å². The van der Waals surface area contributed by atoms with Crippen LogP contribution in [0.2, 0.25) is 0 Å². The van der Waals surface area contributed by atoms with Crippen molar-refractivity contribution in [1.29, 1.82) is 0 Å². The SMILES string of the molecule is COC(=O)c1[nH]c2ccccc2c1NC(=O)CC[NH+]1CCCC(C)(C)C1. The van der Waals surface area contributed by atoms with Crippen molar-refractivity contribution < 1.29 is 19.2 Å². The van der Waals surface area contributed by atoms with Gasteiger partial charge < -0.3 is 19.9 Å². The summed E-state index contributed by atoms with van der Waals surface area (Å²) < 4.78 is 4.84. The second kappa shape index (κ2) is 7.50. The summed E-state index contributed by atoms with van der Waals surface area (Å²) in [5.74, 6) is -0.560. The number of para-hydroxylation sites is 1. The molecule has 3 N–H and O–H groups in total. The number of hydrogen-bond donors (Lipinski definition) is 3. The number of methoxy groups -OCH3 is 1. The molecule has 0 bridgehead atoms. The Morgan fingerprint density at radius 1 is 1.31 bits per heavy atom. The lowest BCUT2D eigenvalue weighted by Crippen LogP contribution is -3.14. The summed E-state index contributed by atoms with van der Waals surface area (Å²) >= 11 is 0. The number of piperidine rings is 1. The third kappa shape index (κ3) is 4.07. The predicted molar refractivity (Wildman–Crippen MR) is 101 cm³/mol. The molecule has 1 aliphatic rings. The van der Waals surface area contributed by atoms with Crippen LogP contribution in [0, 0.1) is 5.41 Å². The van der Waals surface area contributed by atoms with Gasteiger partial charge in [0.2, 0.25) is 5.91 Å². The molecule has 2 aromatic rings. The molecule has 1 saturated heterocycles. The highest BCUT2D eigenvalue weighted by atomic mass is 16.5. The van der Waals surface area contributed by atoms with E-state index >= 15 is 0 Å². The Balaban J connectivity index is 1.70. The van der Waals surface area contributed by atoms with E-state index in [-0.39, 0.29) is 11.6 Å². The molecule has 3 rings (SSSR count). The van der Waals surface area contributed by atoms with Gasteiger partial charge in [0, 0.05) is 16.3 Å². The van der Waals surface area contributed by atoms with Crippen LogP contribution in [-0.2, 0) is 9.53 Å². The number of H-pyrrole nitrogens is 1. The highest BCUT2D eigenvalue weighted by molar-refractivity contribution is 6.10. The van der Waals surface area contributed by atoms with E-state index in [2.05, 4.69) is 24.1 Å². The number of benzene rings is 1. The van der Waals surface area contributed by atoms with Gasteiger partial charge in [-0.3, -0.25) is 4.79 Å². The summed E-state index contributed by atoms with van der Waals surface area (Å²) in [5.41, 5.74) is 1.94. The zero-order valence-electron chi connectivity index (χ0n) is 15.8. The lowest BCUT2D eigenvalue weighted by molar-refractivity contribution is -0.911. The first kappa shape index (κ1) is 18.5. The minimum Gasteiger partial charge on any atom is -0.464 e. The molecule has 1 aromatic heterocycles. The molecular weight excluding hydrogens is 330 g/mol. The minimum atomic E-state index is -0.486. The van der Waals surface area contributed by atoms with Gasteiger partial charge in [-0.2, -0.15) is 0 Å². The topological polar surface area (TPSA) is 75.6 Å². The number of fused-ring (bicyclic) bond motifs is 1. The molecule has 1 fully saturated rings. The molecule has 0 aliphatic carbocycles. The lowest BCUT2D eigenvalue weighted by Gasteiger charge is -2.35. The minimum absolute atomic E-state index is 0.0733. The first-order valence-corrected chi connectivity index (χ1v) is 9.22. The Kier molecular flexibility index (Phi) is 5.32. The molecule has 6 nitrogen and oxygen atoms in total. The average Bonchev–Trinajstić information content (AvgIpc) is 2.97. The molecule has 2 heterocycles. The van der Waals surface area contributed by atoms with E-state index in [9.17, 15) is 9.59 Å². The molecule has 0 spiro atoms. The fraction of sp³-hybridized carbons (Fsp3) is 0.500. The van der Waals surface area contributed by atoms with Crippen LogP contribution in [0.4, 0.5) is 5.69 Å². The van der Waals surface area contributed by atoms with Crippen molar-refractivity contribution in [1.82, 2.24) is 4.98 Å². The highest BCUT2D eigenvalue weighted by Crippen LogP contribution is 2.28. The molecule has 1 aromatic carbocycles. The molecule has 26 heavy (non-hydrogen) atoms. The van der Waals surface area contributed by atoms with Crippen LogP contribution >= 0.6 is 0 Å². The number of esters is 1. The largest absolute Gasteiger partial charge is 0.464 e. The Hall–Kier alpha value is -2.34. The number of aromatic nitrogens is 1. The number of anilines is 1. The first-order valence-electron chi connectivity index (χ1n) is 9.22. The van der Waals surface area contributed by atoms with E-state index < -0.39 is 5.97 Å². The molecule has 0 radical (unpaired) electrons. The van der Waals surface area contributed by atoms with E-state index in [1.54, 1.807) is 0 Å². The molecule has 1 amide bonds. The standard InChI is InChI=1S/C20H27N3O3/c1-20(2)10-6-11-23(13-20)12-9-16(24)22-17-14-7-4-5-8-15(14)21-18(17)19(25)26-3/h4-5,7-8,21H,6,9-13H2,1-3H3,(H,22,24)/p+1. The molecular formula is C20H28N3O3+. The van der Waals surface area contributed by atoms with Gasteiger partial charge in [-0.25, -0.2) is 4.79 Å². The number of likely N-dealkylation sites (tertiary alicyclic amines) is 1. The van der Waals surface area contributed by atoms with Crippen molar-refractivity contribution in [2.24, 2.45) is 5.41 Å². The Morgan fingerprint density at radius 2 is 2.08 bits per heavy atom. The Labute approximate surface area is 153 Å². The molecule has 6 heteroatoms. The summed E-state index contributed by atoms with van der Waals surface area (Å²) in [6.45, 7) is 7.62. The average molecular weight is 358 g/mol. The number of carbonyl (C=O) groups is 2. The van der Waals surface area contributed by atoms with Gasteiger partial charge in [0.1, 0.15) is 5.69 Å². The zero-order valence-corrected chi connectivity index (χ0v) is 15.8. The monoisotopic (exact) mass is 358 g/mol. The smallest absolute Gasteiger partial charge is 0.356 e. The third-order valence-corrected chi connectivity index (χ3v) is 5.18. The van der Waals surface area contributed by atoms with Gasteiger partial charge in [-0.15, -0.1) is 0 Å². The molecule has 0 saturated carbocycles. The Bertz CT molecular complexity index is 810. The predicted octanol–water partition coefficient (Wildman–Crippen LogP) is 1.99. The van der Waals surface area contributed by atoms with E-state index in [1.807, 2.05) is 24.3 Å². The van der Waals surface area contributed by atoms with E-state index in [0.717, 1.165) is 30.5 Å². The maximum atomic E-state index is 12.5. The van der Waals surface area contributed by atoms with Crippen molar-refractivity contribution in [2.75, 3.05) is 32.1 Å².